The summed E-state index contributed by atoms with van der Waals surface area (Å²) >= 11 is 0. The van der Waals surface area contributed by atoms with Crippen LogP contribution in [0.1, 0.15) is 26.3 Å². The number of rotatable bonds is 1. The molecule has 0 saturated heterocycles. The Hall–Kier alpha value is -1.80. The average Bonchev–Trinajstić information content (AvgIpc) is 2.24. The summed E-state index contributed by atoms with van der Waals surface area (Å²) in [5.74, 6) is 3.56. The van der Waals surface area contributed by atoms with E-state index in [9.17, 15) is 4.79 Å². The highest BCUT2D eigenvalue weighted by molar-refractivity contribution is 6.83. The van der Waals surface area contributed by atoms with Crippen molar-refractivity contribution in [2.45, 2.75) is 46.0 Å². The zero-order chi connectivity index (χ0) is 15.4. The quantitative estimate of drug-likeness (QED) is 0.634. The molecule has 108 valence electrons. The molecule has 0 atom stereocenters. The average molecular weight is 290 g/mol. The van der Waals surface area contributed by atoms with Crippen molar-refractivity contribution in [1.29, 1.82) is 0 Å². The molecule has 0 aliphatic rings. The molecule has 0 saturated carbocycles. The first kappa shape index (κ1) is 16.3. The number of amides is 1. The van der Waals surface area contributed by atoms with Crippen molar-refractivity contribution in [1.82, 2.24) is 4.98 Å². The molecule has 0 fully saturated rings. The first-order chi connectivity index (χ1) is 9.05. The number of nitrogens with one attached hydrogen (secondary N) is 1. The van der Waals surface area contributed by atoms with Gasteiger partial charge in [-0.3, -0.25) is 5.32 Å². The number of ether oxygens (including phenoxy) is 1. The van der Waals surface area contributed by atoms with Crippen molar-refractivity contribution in [3.63, 3.8) is 0 Å². The van der Waals surface area contributed by atoms with Gasteiger partial charge in [0, 0.05) is 11.8 Å². The number of nitrogens with zero attached hydrogens (tertiary/aromatic N) is 1. The standard InChI is InChI=1S/C15H22N2O2Si/c1-15(2,3)19-14(18)17-13-8-7-12(11-16-13)9-10-20(4,5)6/h7-8,11H,1-6H3,(H,16,17,18). The predicted molar refractivity (Wildman–Crippen MR) is 84.3 cm³/mol. The number of aromatic nitrogens is 1. The maximum Gasteiger partial charge on any atom is 0.413 e. The van der Waals surface area contributed by atoms with Gasteiger partial charge < -0.3 is 4.74 Å². The van der Waals surface area contributed by atoms with Gasteiger partial charge in [0.2, 0.25) is 0 Å². The van der Waals surface area contributed by atoms with Gasteiger partial charge in [0.15, 0.2) is 0 Å². The van der Waals surface area contributed by atoms with Crippen molar-refractivity contribution in [3.05, 3.63) is 23.9 Å². The Balaban J connectivity index is 2.67. The van der Waals surface area contributed by atoms with Gasteiger partial charge in [-0.05, 0) is 32.9 Å². The van der Waals surface area contributed by atoms with E-state index in [-0.39, 0.29) is 0 Å². The smallest absolute Gasteiger partial charge is 0.413 e. The topological polar surface area (TPSA) is 51.2 Å². The van der Waals surface area contributed by atoms with E-state index in [0.29, 0.717) is 5.82 Å². The molecule has 0 aromatic carbocycles. The van der Waals surface area contributed by atoms with Crippen molar-refractivity contribution < 1.29 is 9.53 Å². The van der Waals surface area contributed by atoms with E-state index < -0.39 is 19.8 Å². The summed E-state index contributed by atoms with van der Waals surface area (Å²) in [6.45, 7) is 12.0. The predicted octanol–water partition coefficient (Wildman–Crippen LogP) is 3.66. The molecule has 0 radical (unpaired) electrons. The highest BCUT2D eigenvalue weighted by Gasteiger charge is 2.16. The molecule has 1 N–H and O–H groups in total. The Morgan fingerprint density at radius 3 is 2.40 bits per heavy atom. The van der Waals surface area contributed by atoms with E-state index in [0.717, 1.165) is 5.56 Å². The van der Waals surface area contributed by atoms with Crippen molar-refractivity contribution in [2.24, 2.45) is 0 Å². The molecule has 0 aliphatic carbocycles. The first-order valence-corrected chi connectivity index (χ1v) is 10.0. The fraction of sp³-hybridized carbons (Fsp3) is 0.467. The largest absolute Gasteiger partial charge is 0.444 e. The second-order valence-corrected chi connectivity index (χ2v) is 11.3. The van der Waals surface area contributed by atoms with Crippen LogP contribution >= 0.6 is 0 Å². The second kappa shape index (κ2) is 6.10. The molecule has 1 aromatic heterocycles. The summed E-state index contributed by atoms with van der Waals surface area (Å²) in [5.41, 5.74) is 3.59. The van der Waals surface area contributed by atoms with E-state index >= 15 is 0 Å². The molecule has 5 heteroatoms. The van der Waals surface area contributed by atoms with Crippen molar-refractivity contribution >= 4 is 20.0 Å². The third kappa shape index (κ3) is 6.95. The Bertz CT molecular complexity index is 528. The number of carbonyl (C=O) groups excluding carboxylic acids is 1. The van der Waals surface area contributed by atoms with Gasteiger partial charge in [-0.2, -0.15) is 0 Å². The number of hydrogen-bond donors (Lipinski definition) is 1. The maximum atomic E-state index is 11.6. The number of carbonyl (C=O) groups is 1. The SMILES string of the molecule is CC(C)(C)OC(=O)Nc1ccc(C#C[Si](C)(C)C)cn1. The van der Waals surface area contributed by atoms with Crippen LogP contribution < -0.4 is 5.32 Å². The van der Waals surface area contributed by atoms with E-state index in [1.165, 1.54) is 0 Å². The van der Waals surface area contributed by atoms with E-state index in [4.69, 9.17) is 4.74 Å². The van der Waals surface area contributed by atoms with Crippen LogP contribution in [0, 0.1) is 11.5 Å². The Labute approximate surface area is 122 Å². The fourth-order valence-electron chi connectivity index (χ4n) is 1.21. The van der Waals surface area contributed by atoms with Gasteiger partial charge in [0.1, 0.15) is 19.5 Å². The number of anilines is 1. The molecule has 0 aliphatic heterocycles. The molecule has 4 nitrogen and oxygen atoms in total. The summed E-state index contributed by atoms with van der Waals surface area (Å²) in [4.78, 5) is 15.7. The fourth-order valence-corrected chi connectivity index (χ4v) is 1.73. The lowest BCUT2D eigenvalue weighted by molar-refractivity contribution is 0.0635. The lowest BCUT2D eigenvalue weighted by Gasteiger charge is -2.19. The third-order valence-corrected chi connectivity index (χ3v) is 2.85. The lowest BCUT2D eigenvalue weighted by Crippen LogP contribution is -2.27. The summed E-state index contributed by atoms with van der Waals surface area (Å²) in [6, 6.07) is 3.56. The lowest BCUT2D eigenvalue weighted by atomic mass is 10.2. The normalized spacial score (nSPS) is 11.3. The van der Waals surface area contributed by atoms with Crippen molar-refractivity contribution in [2.75, 3.05) is 5.32 Å². The second-order valence-electron chi connectivity index (χ2n) is 6.56. The zero-order valence-electron chi connectivity index (χ0n) is 13.0. The van der Waals surface area contributed by atoms with Gasteiger partial charge >= 0.3 is 6.09 Å². The highest BCUT2D eigenvalue weighted by Crippen LogP contribution is 2.10. The molecule has 0 unspecified atom stereocenters. The molecule has 1 heterocycles. The van der Waals surface area contributed by atoms with Crippen LogP contribution in [0.25, 0.3) is 0 Å². The van der Waals surface area contributed by atoms with Gasteiger partial charge in [0.05, 0.1) is 0 Å². The molecular formula is C15H22N2O2Si. The Kier molecular flexibility index (Phi) is 4.96. The number of hydrogen-bond acceptors (Lipinski definition) is 3. The summed E-state index contributed by atoms with van der Waals surface area (Å²) in [6.07, 6.45) is 1.14. The summed E-state index contributed by atoms with van der Waals surface area (Å²) < 4.78 is 5.15. The minimum Gasteiger partial charge on any atom is -0.444 e. The number of pyridine rings is 1. The molecule has 20 heavy (non-hydrogen) atoms. The Morgan fingerprint density at radius 2 is 1.95 bits per heavy atom. The molecule has 0 bridgehead atoms. The van der Waals surface area contributed by atoms with Crippen LogP contribution in [0.3, 0.4) is 0 Å². The zero-order valence-corrected chi connectivity index (χ0v) is 14.0. The van der Waals surface area contributed by atoms with Gasteiger partial charge in [0.25, 0.3) is 0 Å². The third-order valence-electron chi connectivity index (χ3n) is 1.97. The van der Waals surface area contributed by atoms with Crippen LogP contribution in [-0.4, -0.2) is 24.8 Å². The van der Waals surface area contributed by atoms with E-state index in [1.807, 2.05) is 26.8 Å². The molecular weight excluding hydrogens is 268 g/mol. The molecule has 1 rings (SSSR count). The van der Waals surface area contributed by atoms with Crippen LogP contribution in [0.15, 0.2) is 18.3 Å². The van der Waals surface area contributed by atoms with Crippen LogP contribution in [-0.2, 0) is 4.74 Å². The molecule has 1 amide bonds. The van der Waals surface area contributed by atoms with Crippen molar-refractivity contribution in [3.8, 4) is 11.5 Å². The van der Waals surface area contributed by atoms with Crippen LogP contribution in [0.4, 0.5) is 10.6 Å². The van der Waals surface area contributed by atoms with Gasteiger partial charge in [-0.15, -0.1) is 5.54 Å². The highest BCUT2D eigenvalue weighted by atomic mass is 28.3. The first-order valence-electron chi connectivity index (χ1n) is 6.54. The minimum atomic E-state index is -1.39. The summed E-state index contributed by atoms with van der Waals surface area (Å²) in [7, 11) is -1.39. The van der Waals surface area contributed by atoms with E-state index in [1.54, 1.807) is 12.3 Å². The van der Waals surface area contributed by atoms with E-state index in [2.05, 4.69) is 41.4 Å². The Morgan fingerprint density at radius 1 is 1.30 bits per heavy atom. The maximum absolute atomic E-state index is 11.6. The van der Waals surface area contributed by atoms with Crippen LogP contribution in [0.5, 0.6) is 0 Å². The van der Waals surface area contributed by atoms with Gasteiger partial charge in [-0.1, -0.05) is 25.6 Å². The van der Waals surface area contributed by atoms with Crippen LogP contribution in [0.2, 0.25) is 19.6 Å². The van der Waals surface area contributed by atoms with Gasteiger partial charge in [-0.25, -0.2) is 9.78 Å². The monoisotopic (exact) mass is 290 g/mol. The minimum absolute atomic E-state index is 0.456. The summed E-state index contributed by atoms with van der Waals surface area (Å²) in [5, 5.41) is 2.59. The molecule has 1 aromatic rings. The molecule has 0 spiro atoms.